The van der Waals surface area contributed by atoms with Crippen LogP contribution in [0.25, 0.3) is 0 Å². The SMILES string of the molecule is CCNCc1cn(CCOc2ccc(F)cc2F)nn1. The predicted molar refractivity (Wildman–Crippen MR) is 69.3 cm³/mol. The lowest BCUT2D eigenvalue weighted by molar-refractivity contribution is 0.276. The Hall–Kier alpha value is -2.02. The van der Waals surface area contributed by atoms with Gasteiger partial charge in [0.25, 0.3) is 0 Å². The van der Waals surface area contributed by atoms with E-state index in [-0.39, 0.29) is 12.4 Å². The topological polar surface area (TPSA) is 52.0 Å². The van der Waals surface area contributed by atoms with Crippen molar-refractivity contribution in [2.75, 3.05) is 13.2 Å². The van der Waals surface area contributed by atoms with E-state index >= 15 is 0 Å². The van der Waals surface area contributed by atoms with Gasteiger partial charge in [-0.3, -0.25) is 0 Å². The van der Waals surface area contributed by atoms with Gasteiger partial charge in [0.2, 0.25) is 0 Å². The predicted octanol–water partition coefficient (Wildman–Crippen LogP) is 1.74. The number of ether oxygens (including phenoxy) is 1. The maximum atomic E-state index is 13.3. The molecule has 1 N–H and O–H groups in total. The van der Waals surface area contributed by atoms with Crippen LogP contribution < -0.4 is 10.1 Å². The van der Waals surface area contributed by atoms with Gasteiger partial charge in [-0.25, -0.2) is 13.5 Å². The highest BCUT2D eigenvalue weighted by atomic mass is 19.1. The highest BCUT2D eigenvalue weighted by molar-refractivity contribution is 5.24. The van der Waals surface area contributed by atoms with Crippen molar-refractivity contribution in [3.05, 3.63) is 41.7 Å². The molecule has 20 heavy (non-hydrogen) atoms. The summed E-state index contributed by atoms with van der Waals surface area (Å²) < 4.78 is 32.9. The van der Waals surface area contributed by atoms with Crippen LogP contribution in [0.5, 0.6) is 5.75 Å². The first-order valence-corrected chi connectivity index (χ1v) is 6.36. The van der Waals surface area contributed by atoms with E-state index in [1.165, 1.54) is 6.07 Å². The molecule has 0 fully saturated rings. The minimum absolute atomic E-state index is 0.0272. The molecule has 0 bridgehead atoms. The first-order chi connectivity index (χ1) is 9.69. The zero-order chi connectivity index (χ0) is 14.4. The van der Waals surface area contributed by atoms with Crippen molar-refractivity contribution in [3.63, 3.8) is 0 Å². The number of nitrogens with zero attached hydrogens (tertiary/aromatic N) is 3. The van der Waals surface area contributed by atoms with Crippen molar-refractivity contribution < 1.29 is 13.5 Å². The Morgan fingerprint density at radius 3 is 2.95 bits per heavy atom. The third-order valence-corrected chi connectivity index (χ3v) is 2.61. The third-order valence-electron chi connectivity index (χ3n) is 2.61. The normalized spacial score (nSPS) is 10.8. The Balaban J connectivity index is 1.82. The van der Waals surface area contributed by atoms with Crippen LogP contribution in [0.2, 0.25) is 0 Å². The summed E-state index contributed by atoms with van der Waals surface area (Å²) in [6.45, 7) is 4.20. The van der Waals surface area contributed by atoms with Crippen LogP contribution >= 0.6 is 0 Å². The van der Waals surface area contributed by atoms with Gasteiger partial charge >= 0.3 is 0 Å². The Kier molecular flexibility index (Phi) is 5.00. The molecule has 0 saturated heterocycles. The number of aromatic nitrogens is 3. The van der Waals surface area contributed by atoms with Crippen molar-refractivity contribution >= 4 is 0 Å². The second-order valence-corrected chi connectivity index (χ2v) is 4.18. The smallest absolute Gasteiger partial charge is 0.167 e. The monoisotopic (exact) mass is 282 g/mol. The summed E-state index contributed by atoms with van der Waals surface area (Å²) in [6.07, 6.45) is 1.80. The highest BCUT2D eigenvalue weighted by Crippen LogP contribution is 2.17. The fraction of sp³-hybridized carbons (Fsp3) is 0.385. The molecule has 0 aliphatic carbocycles. The fourth-order valence-corrected chi connectivity index (χ4v) is 1.62. The van der Waals surface area contributed by atoms with Crippen LogP contribution in [0.15, 0.2) is 24.4 Å². The van der Waals surface area contributed by atoms with Gasteiger partial charge in [-0.1, -0.05) is 12.1 Å². The van der Waals surface area contributed by atoms with E-state index in [0.29, 0.717) is 13.1 Å². The number of nitrogens with one attached hydrogen (secondary N) is 1. The second kappa shape index (κ2) is 6.95. The molecule has 0 unspecified atom stereocenters. The van der Waals surface area contributed by atoms with Crippen molar-refractivity contribution in [1.82, 2.24) is 20.3 Å². The number of benzene rings is 1. The van der Waals surface area contributed by atoms with E-state index in [1.807, 2.05) is 6.92 Å². The van der Waals surface area contributed by atoms with E-state index in [2.05, 4.69) is 15.6 Å². The molecule has 0 radical (unpaired) electrons. The van der Waals surface area contributed by atoms with Gasteiger partial charge in [0.1, 0.15) is 12.4 Å². The summed E-state index contributed by atoms with van der Waals surface area (Å²) in [5, 5.41) is 11.0. The van der Waals surface area contributed by atoms with Crippen molar-refractivity contribution in [2.24, 2.45) is 0 Å². The molecule has 0 aliphatic heterocycles. The molecule has 108 valence electrons. The summed E-state index contributed by atoms with van der Waals surface area (Å²) >= 11 is 0. The lowest BCUT2D eigenvalue weighted by Crippen LogP contribution is -2.12. The molecule has 0 atom stereocenters. The van der Waals surface area contributed by atoms with Crippen LogP contribution in [0, 0.1) is 11.6 Å². The minimum Gasteiger partial charge on any atom is -0.489 e. The fourth-order valence-electron chi connectivity index (χ4n) is 1.62. The van der Waals surface area contributed by atoms with Crippen molar-refractivity contribution in [3.8, 4) is 5.75 Å². The zero-order valence-electron chi connectivity index (χ0n) is 11.1. The molecule has 0 spiro atoms. The molecule has 0 saturated carbocycles. The number of rotatable bonds is 7. The largest absolute Gasteiger partial charge is 0.489 e. The van der Waals surface area contributed by atoms with Crippen molar-refractivity contribution in [1.29, 1.82) is 0 Å². The molecular weight excluding hydrogens is 266 g/mol. The van der Waals surface area contributed by atoms with Gasteiger partial charge in [-0.2, -0.15) is 0 Å². The lowest BCUT2D eigenvalue weighted by atomic mass is 10.3. The van der Waals surface area contributed by atoms with Gasteiger partial charge in [0.15, 0.2) is 11.6 Å². The minimum atomic E-state index is -0.712. The van der Waals surface area contributed by atoms with E-state index in [1.54, 1.807) is 10.9 Å². The van der Waals surface area contributed by atoms with E-state index < -0.39 is 11.6 Å². The molecule has 7 heteroatoms. The third kappa shape index (κ3) is 3.99. The quantitative estimate of drug-likeness (QED) is 0.840. The summed E-state index contributed by atoms with van der Waals surface area (Å²) in [5.74, 6) is -1.31. The van der Waals surface area contributed by atoms with E-state index in [0.717, 1.165) is 24.4 Å². The van der Waals surface area contributed by atoms with Crippen LogP contribution in [0.4, 0.5) is 8.78 Å². The standard InChI is InChI=1S/C13H16F2N4O/c1-2-16-8-11-9-19(18-17-11)5-6-20-13-4-3-10(14)7-12(13)15/h3-4,7,9,16H,2,5-6,8H2,1H3. The van der Waals surface area contributed by atoms with Crippen LogP contribution in [-0.4, -0.2) is 28.1 Å². The maximum Gasteiger partial charge on any atom is 0.167 e. The number of hydrogen-bond acceptors (Lipinski definition) is 4. The Morgan fingerprint density at radius 1 is 1.35 bits per heavy atom. The average Bonchev–Trinajstić information content (AvgIpc) is 2.87. The first kappa shape index (κ1) is 14.4. The molecule has 0 aliphatic rings. The van der Waals surface area contributed by atoms with Crippen LogP contribution in [-0.2, 0) is 13.1 Å². The van der Waals surface area contributed by atoms with Gasteiger partial charge in [-0.05, 0) is 18.7 Å². The average molecular weight is 282 g/mol. The van der Waals surface area contributed by atoms with Crippen LogP contribution in [0.1, 0.15) is 12.6 Å². The summed E-state index contributed by atoms with van der Waals surface area (Å²) in [4.78, 5) is 0. The Bertz CT molecular complexity index is 559. The summed E-state index contributed by atoms with van der Waals surface area (Å²) in [5.41, 5.74) is 0.833. The summed E-state index contributed by atoms with van der Waals surface area (Å²) in [7, 11) is 0. The molecule has 5 nitrogen and oxygen atoms in total. The van der Waals surface area contributed by atoms with Gasteiger partial charge in [0.05, 0.1) is 12.2 Å². The molecular formula is C13H16F2N4O. The molecule has 2 aromatic rings. The molecule has 2 rings (SSSR count). The zero-order valence-corrected chi connectivity index (χ0v) is 11.1. The summed E-state index contributed by atoms with van der Waals surface area (Å²) in [6, 6.07) is 3.21. The number of hydrogen-bond donors (Lipinski definition) is 1. The second-order valence-electron chi connectivity index (χ2n) is 4.18. The maximum absolute atomic E-state index is 13.3. The molecule has 0 amide bonds. The molecule has 1 aromatic heterocycles. The Morgan fingerprint density at radius 2 is 2.20 bits per heavy atom. The molecule has 1 heterocycles. The van der Waals surface area contributed by atoms with Gasteiger partial charge in [0, 0.05) is 18.8 Å². The van der Waals surface area contributed by atoms with E-state index in [4.69, 9.17) is 4.74 Å². The molecule has 1 aromatic carbocycles. The van der Waals surface area contributed by atoms with E-state index in [9.17, 15) is 8.78 Å². The van der Waals surface area contributed by atoms with Gasteiger partial charge < -0.3 is 10.1 Å². The first-order valence-electron chi connectivity index (χ1n) is 6.36. The van der Waals surface area contributed by atoms with Crippen molar-refractivity contribution in [2.45, 2.75) is 20.0 Å². The lowest BCUT2D eigenvalue weighted by Gasteiger charge is -2.06. The number of halogens is 2. The van der Waals surface area contributed by atoms with Gasteiger partial charge in [-0.15, -0.1) is 5.10 Å². The Labute approximate surface area is 115 Å². The highest BCUT2D eigenvalue weighted by Gasteiger charge is 2.05. The van der Waals surface area contributed by atoms with Crippen LogP contribution in [0.3, 0.4) is 0 Å².